The first kappa shape index (κ1) is 12.4. The van der Waals surface area contributed by atoms with Gasteiger partial charge in [0.25, 0.3) is 0 Å². The van der Waals surface area contributed by atoms with E-state index in [0.717, 1.165) is 19.4 Å². The number of hydrogen-bond donors (Lipinski definition) is 2. The maximum atomic E-state index is 10.7. The highest BCUT2D eigenvalue weighted by Crippen LogP contribution is 1.91. The van der Waals surface area contributed by atoms with Crippen molar-refractivity contribution >= 4 is 5.97 Å². The van der Waals surface area contributed by atoms with Gasteiger partial charge in [-0.05, 0) is 19.4 Å². The molecule has 0 saturated carbocycles. The monoisotopic (exact) mass is 189 g/mol. The molecule has 4 heteroatoms. The maximum Gasteiger partial charge on any atom is 0.305 e. The lowest BCUT2D eigenvalue weighted by Crippen LogP contribution is -2.27. The maximum absolute atomic E-state index is 10.7. The van der Waals surface area contributed by atoms with Crippen LogP contribution in [0.25, 0.3) is 0 Å². The van der Waals surface area contributed by atoms with Crippen LogP contribution in [-0.4, -0.2) is 37.4 Å². The molecule has 0 aliphatic heterocycles. The van der Waals surface area contributed by atoms with Crippen LogP contribution in [-0.2, 0) is 9.53 Å². The van der Waals surface area contributed by atoms with E-state index in [2.05, 4.69) is 10.1 Å². The van der Waals surface area contributed by atoms with Gasteiger partial charge in [0.05, 0.1) is 13.2 Å². The number of carbonyl (C=O) groups excluding carboxylic acids is 1. The highest BCUT2D eigenvalue weighted by molar-refractivity contribution is 5.68. The zero-order valence-corrected chi connectivity index (χ0v) is 8.38. The number of methoxy groups -OCH3 is 1. The standard InChI is InChI=1S/C9H19NO3/c1-3-8(11)7-10-6-4-5-9(12)13-2/h8,10-11H,3-7H2,1-2H3. The minimum atomic E-state index is -0.280. The number of aliphatic hydroxyl groups excluding tert-OH is 1. The molecule has 0 fully saturated rings. The summed E-state index contributed by atoms with van der Waals surface area (Å²) in [5.41, 5.74) is 0. The van der Waals surface area contributed by atoms with Gasteiger partial charge in [-0.1, -0.05) is 6.92 Å². The molecule has 1 atom stereocenters. The van der Waals surface area contributed by atoms with E-state index in [1.165, 1.54) is 7.11 Å². The number of esters is 1. The van der Waals surface area contributed by atoms with Crippen molar-refractivity contribution in [1.82, 2.24) is 5.32 Å². The first-order valence-corrected chi connectivity index (χ1v) is 4.66. The Morgan fingerprint density at radius 2 is 2.31 bits per heavy atom. The van der Waals surface area contributed by atoms with Crippen molar-refractivity contribution in [3.8, 4) is 0 Å². The fourth-order valence-corrected chi connectivity index (χ4v) is 0.873. The Labute approximate surface area is 79.3 Å². The summed E-state index contributed by atoms with van der Waals surface area (Å²) in [5.74, 6) is -0.183. The van der Waals surface area contributed by atoms with Crippen LogP contribution < -0.4 is 5.32 Å². The second-order valence-electron chi connectivity index (χ2n) is 2.95. The molecule has 0 bridgehead atoms. The highest BCUT2D eigenvalue weighted by Gasteiger charge is 2.01. The van der Waals surface area contributed by atoms with Crippen molar-refractivity contribution in [2.75, 3.05) is 20.2 Å². The molecule has 0 rings (SSSR count). The number of rotatable bonds is 7. The summed E-state index contributed by atoms with van der Waals surface area (Å²) in [6, 6.07) is 0. The Balaban J connectivity index is 3.12. The van der Waals surface area contributed by atoms with E-state index in [-0.39, 0.29) is 12.1 Å². The van der Waals surface area contributed by atoms with Crippen molar-refractivity contribution in [2.45, 2.75) is 32.3 Å². The average Bonchev–Trinajstić information content (AvgIpc) is 2.16. The third kappa shape index (κ3) is 7.74. The molecule has 0 aliphatic rings. The molecule has 0 aliphatic carbocycles. The summed E-state index contributed by atoms with van der Waals surface area (Å²) in [6.45, 7) is 3.27. The lowest BCUT2D eigenvalue weighted by atomic mass is 10.2. The highest BCUT2D eigenvalue weighted by atomic mass is 16.5. The van der Waals surface area contributed by atoms with E-state index in [9.17, 15) is 4.79 Å². The molecule has 0 saturated heterocycles. The van der Waals surface area contributed by atoms with Gasteiger partial charge >= 0.3 is 5.97 Å². The molecule has 78 valence electrons. The molecule has 13 heavy (non-hydrogen) atoms. The molecule has 1 unspecified atom stereocenters. The summed E-state index contributed by atoms with van der Waals surface area (Å²) >= 11 is 0. The smallest absolute Gasteiger partial charge is 0.305 e. The number of ether oxygens (including phenoxy) is 1. The van der Waals surface area contributed by atoms with Crippen molar-refractivity contribution in [1.29, 1.82) is 0 Å². The average molecular weight is 189 g/mol. The van der Waals surface area contributed by atoms with Gasteiger partial charge in [-0.2, -0.15) is 0 Å². The fraction of sp³-hybridized carbons (Fsp3) is 0.889. The fourth-order valence-electron chi connectivity index (χ4n) is 0.873. The second kappa shape index (κ2) is 8.01. The minimum Gasteiger partial charge on any atom is -0.469 e. The third-order valence-electron chi connectivity index (χ3n) is 1.81. The Morgan fingerprint density at radius 1 is 1.62 bits per heavy atom. The Bertz CT molecular complexity index is 139. The predicted octanol–water partition coefficient (Wildman–Crippen LogP) is 0.300. The van der Waals surface area contributed by atoms with Crippen LogP contribution >= 0.6 is 0 Å². The first-order valence-electron chi connectivity index (χ1n) is 4.66. The van der Waals surface area contributed by atoms with Gasteiger partial charge in [-0.25, -0.2) is 0 Å². The van der Waals surface area contributed by atoms with E-state index in [1.54, 1.807) is 0 Å². The molecule has 0 heterocycles. The third-order valence-corrected chi connectivity index (χ3v) is 1.81. The molecule has 2 N–H and O–H groups in total. The molecule has 0 aromatic carbocycles. The predicted molar refractivity (Wildman–Crippen MR) is 50.4 cm³/mol. The molecule has 0 aromatic heterocycles. The molecule has 0 spiro atoms. The summed E-state index contributed by atoms with van der Waals surface area (Å²) < 4.78 is 4.48. The van der Waals surface area contributed by atoms with Crippen LogP contribution in [0.3, 0.4) is 0 Å². The summed E-state index contributed by atoms with van der Waals surface area (Å²) in [5, 5.41) is 12.2. The zero-order chi connectivity index (χ0) is 10.1. The lowest BCUT2D eigenvalue weighted by molar-refractivity contribution is -0.140. The molecule has 0 aromatic rings. The topological polar surface area (TPSA) is 58.6 Å². The van der Waals surface area contributed by atoms with E-state index in [4.69, 9.17) is 5.11 Å². The van der Waals surface area contributed by atoms with Gasteiger partial charge in [0.1, 0.15) is 0 Å². The molecule has 0 radical (unpaired) electrons. The summed E-state index contributed by atoms with van der Waals surface area (Å²) in [6.07, 6.45) is 1.66. The van der Waals surface area contributed by atoms with Crippen molar-refractivity contribution in [2.24, 2.45) is 0 Å². The van der Waals surface area contributed by atoms with Crippen LogP contribution in [0, 0.1) is 0 Å². The number of carbonyl (C=O) groups is 1. The Hall–Kier alpha value is -0.610. The van der Waals surface area contributed by atoms with E-state index in [0.29, 0.717) is 13.0 Å². The van der Waals surface area contributed by atoms with Crippen molar-refractivity contribution < 1.29 is 14.6 Å². The van der Waals surface area contributed by atoms with Gasteiger partial charge in [-0.15, -0.1) is 0 Å². The molecular formula is C9H19NO3. The number of hydrogen-bond acceptors (Lipinski definition) is 4. The van der Waals surface area contributed by atoms with Crippen LogP contribution in [0.4, 0.5) is 0 Å². The number of nitrogens with one attached hydrogen (secondary N) is 1. The van der Waals surface area contributed by atoms with Crippen LogP contribution in [0.15, 0.2) is 0 Å². The van der Waals surface area contributed by atoms with Crippen molar-refractivity contribution in [3.05, 3.63) is 0 Å². The van der Waals surface area contributed by atoms with Gasteiger partial charge in [0.2, 0.25) is 0 Å². The lowest BCUT2D eigenvalue weighted by Gasteiger charge is -2.08. The van der Waals surface area contributed by atoms with E-state index in [1.807, 2.05) is 6.92 Å². The van der Waals surface area contributed by atoms with E-state index >= 15 is 0 Å². The van der Waals surface area contributed by atoms with Crippen molar-refractivity contribution in [3.63, 3.8) is 0 Å². The quantitative estimate of drug-likeness (QED) is 0.447. The van der Waals surface area contributed by atoms with Crippen LogP contribution in [0.5, 0.6) is 0 Å². The van der Waals surface area contributed by atoms with Crippen LogP contribution in [0.2, 0.25) is 0 Å². The Kier molecular flexibility index (Phi) is 7.63. The summed E-state index contributed by atoms with van der Waals surface area (Å²) in [7, 11) is 1.39. The Morgan fingerprint density at radius 3 is 2.85 bits per heavy atom. The summed E-state index contributed by atoms with van der Waals surface area (Å²) in [4.78, 5) is 10.7. The molecular weight excluding hydrogens is 170 g/mol. The molecule has 4 nitrogen and oxygen atoms in total. The minimum absolute atomic E-state index is 0.183. The molecule has 0 amide bonds. The largest absolute Gasteiger partial charge is 0.469 e. The number of aliphatic hydroxyl groups is 1. The van der Waals surface area contributed by atoms with Gasteiger partial charge in [0.15, 0.2) is 0 Å². The SMILES string of the molecule is CCC(O)CNCCCC(=O)OC. The van der Waals surface area contributed by atoms with E-state index < -0.39 is 0 Å². The van der Waals surface area contributed by atoms with Crippen LogP contribution in [0.1, 0.15) is 26.2 Å². The zero-order valence-electron chi connectivity index (χ0n) is 8.38. The normalized spacial score (nSPS) is 12.5. The second-order valence-corrected chi connectivity index (χ2v) is 2.95. The van der Waals surface area contributed by atoms with Gasteiger partial charge < -0.3 is 15.2 Å². The first-order chi connectivity index (χ1) is 6.20. The van der Waals surface area contributed by atoms with Gasteiger partial charge in [-0.3, -0.25) is 4.79 Å². The van der Waals surface area contributed by atoms with Gasteiger partial charge in [0, 0.05) is 13.0 Å².